The normalized spacial score (nSPS) is 14.7. The minimum absolute atomic E-state index is 0.0682. The highest BCUT2D eigenvalue weighted by Crippen LogP contribution is 2.45. The lowest BCUT2D eigenvalue weighted by atomic mass is 10.1. The van der Waals surface area contributed by atoms with Crippen molar-refractivity contribution in [1.29, 1.82) is 0 Å². The predicted octanol–water partition coefficient (Wildman–Crippen LogP) is 22.1. The second-order valence-electron chi connectivity index (χ2n) is 25.2. The third kappa shape index (κ3) is 71.6. The average Bonchev–Trinajstić information content (AvgIpc) is 1.00. The molecule has 100 heavy (non-hydrogen) atoms. The van der Waals surface area contributed by atoms with Crippen molar-refractivity contribution >= 4 is 39.5 Å². The SMILES string of the molecule is CC/C=C\C/C=C\C/C=C\C/C=C\C/C=C\CCCC(=O)OCC(COP(=O)(O)OCC(O)COP(=O)(O)OCC(COC(=O)CCCCCCC/C=C\C/C=C\C/C=C\CC)OC(=O)CCCCCCCCCCCCC)OC(=O)CCCCCCCCC/C=C\C/C=C\C/C=C\CC. The summed E-state index contributed by atoms with van der Waals surface area (Å²) in [5, 5.41) is 10.6. The number of carbonyl (C=O) groups is 4. The summed E-state index contributed by atoms with van der Waals surface area (Å²) in [5.74, 6) is -2.27. The predicted molar refractivity (Wildman–Crippen MR) is 408 cm³/mol. The maximum Gasteiger partial charge on any atom is 0.472 e. The summed E-state index contributed by atoms with van der Waals surface area (Å²) in [6.45, 7) is 4.44. The third-order valence-electron chi connectivity index (χ3n) is 15.6. The molecule has 0 radical (unpaired) electrons. The fourth-order valence-corrected chi connectivity index (χ4v) is 11.5. The summed E-state index contributed by atoms with van der Waals surface area (Å²) in [5.41, 5.74) is 0. The number of phosphoric ester groups is 2. The van der Waals surface area contributed by atoms with Gasteiger partial charge in [-0.1, -0.05) is 277 Å². The highest BCUT2D eigenvalue weighted by Gasteiger charge is 2.30. The van der Waals surface area contributed by atoms with Gasteiger partial charge in [-0.15, -0.1) is 0 Å². The van der Waals surface area contributed by atoms with Crippen molar-refractivity contribution < 1.29 is 80.2 Å². The van der Waals surface area contributed by atoms with Gasteiger partial charge in [-0.25, -0.2) is 9.13 Å². The molecule has 0 saturated carbocycles. The van der Waals surface area contributed by atoms with Gasteiger partial charge in [0.05, 0.1) is 26.4 Å². The fraction of sp³-hybridized carbons (Fsp3) is 0.679. The zero-order valence-electron chi connectivity index (χ0n) is 62.3. The Kier molecular flexibility index (Phi) is 69.1. The summed E-state index contributed by atoms with van der Waals surface area (Å²) >= 11 is 0. The number of hydrogen-bond donors (Lipinski definition) is 3. The third-order valence-corrected chi connectivity index (χ3v) is 17.5. The van der Waals surface area contributed by atoms with Crippen molar-refractivity contribution in [2.24, 2.45) is 0 Å². The van der Waals surface area contributed by atoms with Crippen LogP contribution in [0.3, 0.4) is 0 Å². The molecule has 0 bridgehead atoms. The van der Waals surface area contributed by atoms with E-state index < -0.39 is 97.5 Å². The van der Waals surface area contributed by atoms with Crippen LogP contribution in [0.2, 0.25) is 0 Å². The van der Waals surface area contributed by atoms with Crippen LogP contribution < -0.4 is 0 Å². The van der Waals surface area contributed by atoms with E-state index in [4.69, 9.17) is 37.0 Å². The monoisotopic (exact) mass is 1440 g/mol. The lowest BCUT2D eigenvalue weighted by Gasteiger charge is -2.21. The first kappa shape index (κ1) is 95.2. The van der Waals surface area contributed by atoms with E-state index in [0.717, 1.165) is 173 Å². The molecule has 0 aromatic rings. The Balaban J connectivity index is 5.40. The molecule has 0 spiro atoms. The van der Waals surface area contributed by atoms with E-state index in [0.29, 0.717) is 32.1 Å². The summed E-state index contributed by atoms with van der Waals surface area (Å²) in [6.07, 6.45) is 80.2. The van der Waals surface area contributed by atoms with E-state index in [1.165, 1.54) is 38.5 Å². The number of allylic oxidation sites excluding steroid dienone is 22. The van der Waals surface area contributed by atoms with E-state index in [2.05, 4.69) is 149 Å². The molecule has 5 unspecified atom stereocenters. The molecule has 0 aliphatic heterocycles. The molecule has 0 saturated heterocycles. The van der Waals surface area contributed by atoms with Gasteiger partial charge in [0.1, 0.15) is 19.3 Å². The van der Waals surface area contributed by atoms with E-state index in [1.54, 1.807) is 0 Å². The molecule has 17 nitrogen and oxygen atoms in total. The largest absolute Gasteiger partial charge is 0.472 e. The van der Waals surface area contributed by atoms with Crippen LogP contribution in [0.15, 0.2) is 134 Å². The second-order valence-corrected chi connectivity index (χ2v) is 28.1. The molecule has 0 heterocycles. The van der Waals surface area contributed by atoms with Crippen molar-refractivity contribution in [3.8, 4) is 0 Å². The number of aliphatic hydroxyl groups is 1. The fourth-order valence-electron chi connectivity index (χ4n) is 9.87. The average molecular weight is 1440 g/mol. The second kappa shape index (κ2) is 72.5. The minimum Gasteiger partial charge on any atom is -0.462 e. The number of ether oxygens (including phenoxy) is 4. The summed E-state index contributed by atoms with van der Waals surface area (Å²) in [4.78, 5) is 72.9. The van der Waals surface area contributed by atoms with Gasteiger partial charge in [-0.3, -0.25) is 37.3 Å². The first-order valence-corrected chi connectivity index (χ1v) is 41.4. The van der Waals surface area contributed by atoms with Gasteiger partial charge in [-0.2, -0.15) is 0 Å². The lowest BCUT2D eigenvalue weighted by Crippen LogP contribution is -2.30. The summed E-state index contributed by atoms with van der Waals surface area (Å²) < 4.78 is 68.4. The Morgan fingerprint density at radius 1 is 0.290 bits per heavy atom. The molecule has 3 N–H and O–H groups in total. The quantitative estimate of drug-likeness (QED) is 0.0169. The van der Waals surface area contributed by atoms with Gasteiger partial charge in [0.25, 0.3) is 0 Å². The van der Waals surface area contributed by atoms with E-state index in [-0.39, 0.29) is 25.7 Å². The van der Waals surface area contributed by atoms with Crippen LogP contribution in [0.1, 0.15) is 297 Å². The smallest absolute Gasteiger partial charge is 0.462 e. The van der Waals surface area contributed by atoms with Crippen LogP contribution >= 0.6 is 15.6 Å². The van der Waals surface area contributed by atoms with Gasteiger partial charge < -0.3 is 33.8 Å². The molecule has 5 atom stereocenters. The first-order valence-electron chi connectivity index (χ1n) is 38.4. The summed E-state index contributed by atoms with van der Waals surface area (Å²) in [7, 11) is -9.97. The highest BCUT2D eigenvalue weighted by molar-refractivity contribution is 7.47. The number of esters is 4. The van der Waals surface area contributed by atoms with Gasteiger partial charge in [0.2, 0.25) is 0 Å². The van der Waals surface area contributed by atoms with Crippen LogP contribution in [0, 0.1) is 0 Å². The van der Waals surface area contributed by atoms with E-state index >= 15 is 0 Å². The molecule has 0 aromatic carbocycles. The standard InChI is InChI=1S/C81H136O17P2/c1-5-9-13-17-21-25-29-32-35-37-40-43-47-50-54-58-62-66-79(84)92-72-77(98-81(86)68-64-60-56-52-48-44-41-38-36-33-30-26-22-18-14-10-6-2)74-96-100(89,90)94-70-75(82)69-93-99(87,88)95-73-76(97-80(85)67-63-59-55-51-45-28-24-20-16-12-8-4)71-91-78(83)65-61-57-53-49-46-42-39-34-31-27-23-19-15-11-7-3/h9-11,13-15,21-23,25-27,32-36,39-40,43,50,54,75-77,82H,5-8,12,16-20,24,28-31,37-38,41-42,44-49,51-53,55-74H2,1-4H3,(H,87,88)(H,89,90)/b13-9-,14-10-,15-11-,25-21-,26-22-,27-23-,35-32-,36-33-,39-34-,43-40-,54-50-. The topological polar surface area (TPSA) is 237 Å². The van der Waals surface area contributed by atoms with Crippen LogP contribution in [0.5, 0.6) is 0 Å². The number of phosphoric acid groups is 2. The van der Waals surface area contributed by atoms with Crippen molar-refractivity contribution in [3.63, 3.8) is 0 Å². The van der Waals surface area contributed by atoms with Crippen LogP contribution in [-0.2, 0) is 65.4 Å². The number of rotatable bonds is 71. The van der Waals surface area contributed by atoms with E-state index in [9.17, 15) is 43.2 Å². The van der Waals surface area contributed by atoms with Crippen LogP contribution in [0.4, 0.5) is 0 Å². The van der Waals surface area contributed by atoms with Crippen molar-refractivity contribution in [1.82, 2.24) is 0 Å². The Bertz CT molecular complexity index is 2420. The number of hydrogen-bond acceptors (Lipinski definition) is 15. The number of carbonyl (C=O) groups excluding carboxylic acids is 4. The van der Waals surface area contributed by atoms with Crippen molar-refractivity contribution in [2.75, 3.05) is 39.6 Å². The molecule has 0 fully saturated rings. The molecule has 0 aliphatic rings. The molecule has 0 aliphatic carbocycles. The van der Waals surface area contributed by atoms with Crippen molar-refractivity contribution in [2.45, 2.75) is 316 Å². The van der Waals surface area contributed by atoms with Gasteiger partial charge in [0.15, 0.2) is 12.2 Å². The highest BCUT2D eigenvalue weighted by atomic mass is 31.2. The Hall–Kier alpha value is -4.80. The summed E-state index contributed by atoms with van der Waals surface area (Å²) in [6, 6.07) is 0. The van der Waals surface area contributed by atoms with Gasteiger partial charge >= 0.3 is 39.5 Å². The molecular weight excluding hydrogens is 1310 g/mol. The molecule has 0 rings (SSSR count). The van der Waals surface area contributed by atoms with Crippen LogP contribution in [0.25, 0.3) is 0 Å². The Morgan fingerprint density at radius 3 is 0.840 bits per heavy atom. The first-order chi connectivity index (χ1) is 48.7. The Labute approximate surface area is 605 Å². The zero-order chi connectivity index (χ0) is 73.2. The molecule has 0 amide bonds. The molecular formula is C81H136O17P2. The van der Waals surface area contributed by atoms with Crippen LogP contribution in [-0.4, -0.2) is 96.7 Å². The molecule has 0 aromatic heterocycles. The maximum absolute atomic E-state index is 13.1. The minimum atomic E-state index is -4.99. The molecule has 19 heteroatoms. The lowest BCUT2D eigenvalue weighted by molar-refractivity contribution is -0.161. The van der Waals surface area contributed by atoms with Crippen molar-refractivity contribution in [3.05, 3.63) is 134 Å². The van der Waals surface area contributed by atoms with Gasteiger partial charge in [-0.05, 0) is 128 Å². The maximum atomic E-state index is 13.1. The van der Waals surface area contributed by atoms with E-state index in [1.807, 2.05) is 12.2 Å². The number of aliphatic hydroxyl groups excluding tert-OH is 1. The number of unbranched alkanes of at least 4 members (excludes halogenated alkanes) is 23. The molecule has 572 valence electrons. The Morgan fingerprint density at radius 2 is 0.530 bits per heavy atom. The zero-order valence-corrected chi connectivity index (χ0v) is 64.1. The van der Waals surface area contributed by atoms with Gasteiger partial charge in [0, 0.05) is 25.7 Å².